The molecular formula is C18H13Cl3O. The summed E-state index contributed by atoms with van der Waals surface area (Å²) >= 11 is 16.8. The summed E-state index contributed by atoms with van der Waals surface area (Å²) in [7, 11) is 0. The average Bonchev–Trinajstić information content (AvgIpc) is 2.55. The highest BCUT2D eigenvalue weighted by atomic mass is 35.5. The number of hydrogen-bond donors (Lipinski definition) is 0. The third-order valence-corrected chi connectivity index (χ3v) is 3.86. The van der Waals surface area contributed by atoms with Crippen molar-refractivity contribution >= 4 is 34.8 Å². The Kier molecular flexibility index (Phi) is 6.60. The fourth-order valence-corrected chi connectivity index (χ4v) is 2.11. The topological polar surface area (TPSA) is 9.23 Å². The lowest BCUT2D eigenvalue weighted by Gasteiger charge is -2.03. The lowest BCUT2D eigenvalue weighted by Crippen LogP contribution is -1.81. The van der Waals surface area contributed by atoms with Crippen LogP contribution in [0.1, 0.15) is 0 Å². The molecule has 22 heavy (non-hydrogen) atoms. The molecule has 0 unspecified atom stereocenters. The summed E-state index contributed by atoms with van der Waals surface area (Å²) in [6, 6.07) is 24.6. The molecule has 0 radical (unpaired) electrons. The van der Waals surface area contributed by atoms with Crippen LogP contribution in [0.2, 0.25) is 15.1 Å². The first-order chi connectivity index (χ1) is 10.7. The average molecular weight is 352 g/mol. The summed E-state index contributed by atoms with van der Waals surface area (Å²) in [4.78, 5) is 0. The SMILES string of the molecule is Clc1cccc(Cl)c1Cl.c1ccc(Oc2ccccc2)cc1. The van der Waals surface area contributed by atoms with Crippen molar-refractivity contribution in [2.24, 2.45) is 0 Å². The first-order valence-corrected chi connectivity index (χ1v) is 7.67. The van der Waals surface area contributed by atoms with Crippen LogP contribution in [0.4, 0.5) is 0 Å². The Balaban J connectivity index is 0.000000172. The molecule has 4 heteroatoms. The second-order valence-corrected chi connectivity index (χ2v) is 5.46. The van der Waals surface area contributed by atoms with Gasteiger partial charge < -0.3 is 4.74 Å². The quantitative estimate of drug-likeness (QED) is 0.446. The van der Waals surface area contributed by atoms with Gasteiger partial charge in [-0.3, -0.25) is 0 Å². The van der Waals surface area contributed by atoms with E-state index in [1.54, 1.807) is 18.2 Å². The van der Waals surface area contributed by atoms with E-state index in [1.807, 2.05) is 60.7 Å². The highest BCUT2D eigenvalue weighted by Gasteiger charge is 1.98. The minimum absolute atomic E-state index is 0.417. The van der Waals surface area contributed by atoms with Crippen molar-refractivity contribution in [2.75, 3.05) is 0 Å². The van der Waals surface area contributed by atoms with Gasteiger partial charge in [-0.05, 0) is 36.4 Å². The van der Waals surface area contributed by atoms with Gasteiger partial charge in [-0.15, -0.1) is 0 Å². The van der Waals surface area contributed by atoms with Crippen molar-refractivity contribution in [3.63, 3.8) is 0 Å². The molecule has 3 rings (SSSR count). The van der Waals surface area contributed by atoms with Crippen LogP contribution in [0.3, 0.4) is 0 Å². The predicted molar refractivity (Wildman–Crippen MR) is 94.4 cm³/mol. The van der Waals surface area contributed by atoms with Crippen molar-refractivity contribution in [2.45, 2.75) is 0 Å². The number of para-hydroxylation sites is 2. The van der Waals surface area contributed by atoms with Gasteiger partial charge >= 0.3 is 0 Å². The zero-order valence-electron chi connectivity index (χ0n) is 11.5. The molecule has 0 saturated carbocycles. The van der Waals surface area contributed by atoms with Crippen molar-refractivity contribution in [3.8, 4) is 11.5 Å². The zero-order chi connectivity index (χ0) is 15.8. The smallest absolute Gasteiger partial charge is 0.127 e. The van der Waals surface area contributed by atoms with Crippen LogP contribution in [-0.4, -0.2) is 0 Å². The summed E-state index contributed by atoms with van der Waals surface area (Å²) in [6.07, 6.45) is 0. The predicted octanol–water partition coefficient (Wildman–Crippen LogP) is 7.13. The molecule has 0 aromatic heterocycles. The first-order valence-electron chi connectivity index (χ1n) is 6.54. The number of hydrogen-bond acceptors (Lipinski definition) is 1. The lowest BCUT2D eigenvalue weighted by molar-refractivity contribution is 0.482. The zero-order valence-corrected chi connectivity index (χ0v) is 13.8. The largest absolute Gasteiger partial charge is 0.457 e. The molecule has 0 saturated heterocycles. The van der Waals surface area contributed by atoms with E-state index in [9.17, 15) is 0 Å². The van der Waals surface area contributed by atoms with E-state index in [-0.39, 0.29) is 0 Å². The fourth-order valence-electron chi connectivity index (χ4n) is 1.59. The molecule has 112 valence electrons. The minimum atomic E-state index is 0.417. The molecule has 0 spiro atoms. The first kappa shape index (κ1) is 16.7. The second kappa shape index (κ2) is 8.70. The molecule has 0 heterocycles. The summed E-state index contributed by atoms with van der Waals surface area (Å²) in [6.45, 7) is 0. The normalized spacial score (nSPS) is 9.59. The van der Waals surface area contributed by atoms with Crippen LogP contribution >= 0.6 is 34.8 Å². The summed E-state index contributed by atoms with van der Waals surface area (Å²) in [5.41, 5.74) is 0. The summed E-state index contributed by atoms with van der Waals surface area (Å²) in [5, 5.41) is 1.40. The molecule has 0 amide bonds. The Morgan fingerprint density at radius 3 is 1.27 bits per heavy atom. The highest BCUT2D eigenvalue weighted by Crippen LogP contribution is 2.28. The Morgan fingerprint density at radius 2 is 0.909 bits per heavy atom. The number of halogens is 3. The van der Waals surface area contributed by atoms with Gasteiger partial charge in [-0.2, -0.15) is 0 Å². The lowest BCUT2D eigenvalue weighted by atomic mass is 10.3. The number of benzene rings is 3. The summed E-state index contributed by atoms with van der Waals surface area (Å²) in [5.74, 6) is 1.74. The molecule has 3 aromatic rings. The van der Waals surface area contributed by atoms with E-state index >= 15 is 0 Å². The number of rotatable bonds is 2. The number of ether oxygens (including phenoxy) is 1. The van der Waals surface area contributed by atoms with Crippen LogP contribution in [0.5, 0.6) is 11.5 Å². The third-order valence-electron chi connectivity index (χ3n) is 2.63. The summed E-state index contributed by atoms with van der Waals surface area (Å²) < 4.78 is 5.58. The van der Waals surface area contributed by atoms with Crippen LogP contribution in [0.25, 0.3) is 0 Å². The third kappa shape index (κ3) is 5.27. The molecule has 0 atom stereocenters. The van der Waals surface area contributed by atoms with Gasteiger partial charge in [0, 0.05) is 0 Å². The molecule has 0 N–H and O–H groups in total. The second-order valence-electron chi connectivity index (χ2n) is 4.26. The van der Waals surface area contributed by atoms with Gasteiger partial charge in [0.15, 0.2) is 0 Å². The van der Waals surface area contributed by atoms with E-state index in [0.717, 1.165) is 11.5 Å². The van der Waals surface area contributed by atoms with Gasteiger partial charge in [0.1, 0.15) is 11.5 Å². The maximum atomic E-state index is 5.61. The van der Waals surface area contributed by atoms with E-state index in [2.05, 4.69) is 0 Å². The highest BCUT2D eigenvalue weighted by molar-refractivity contribution is 6.47. The van der Waals surface area contributed by atoms with Crippen molar-refractivity contribution in [1.29, 1.82) is 0 Å². The van der Waals surface area contributed by atoms with Crippen molar-refractivity contribution < 1.29 is 4.74 Å². The van der Waals surface area contributed by atoms with Crippen molar-refractivity contribution in [3.05, 3.63) is 93.9 Å². The Morgan fingerprint density at radius 1 is 0.500 bits per heavy atom. The fraction of sp³-hybridized carbons (Fsp3) is 0. The van der Waals surface area contributed by atoms with Crippen LogP contribution in [0, 0.1) is 0 Å². The van der Waals surface area contributed by atoms with E-state index in [1.165, 1.54) is 0 Å². The molecule has 0 aliphatic carbocycles. The maximum Gasteiger partial charge on any atom is 0.127 e. The van der Waals surface area contributed by atoms with Gasteiger partial charge in [-0.1, -0.05) is 77.3 Å². The maximum absolute atomic E-state index is 5.61. The van der Waals surface area contributed by atoms with Gasteiger partial charge in [0.2, 0.25) is 0 Å². The van der Waals surface area contributed by atoms with E-state index in [0.29, 0.717) is 15.1 Å². The van der Waals surface area contributed by atoms with Crippen molar-refractivity contribution in [1.82, 2.24) is 0 Å². The molecular weight excluding hydrogens is 339 g/mol. The van der Waals surface area contributed by atoms with Crippen LogP contribution < -0.4 is 4.74 Å². The van der Waals surface area contributed by atoms with Gasteiger partial charge in [0.25, 0.3) is 0 Å². The molecule has 3 aromatic carbocycles. The molecule has 0 aliphatic heterocycles. The molecule has 1 nitrogen and oxygen atoms in total. The van der Waals surface area contributed by atoms with E-state index < -0.39 is 0 Å². The van der Waals surface area contributed by atoms with Gasteiger partial charge in [-0.25, -0.2) is 0 Å². The van der Waals surface area contributed by atoms with E-state index in [4.69, 9.17) is 39.5 Å². The molecule has 0 bridgehead atoms. The monoisotopic (exact) mass is 350 g/mol. The Labute approximate surface area is 145 Å². The van der Waals surface area contributed by atoms with Gasteiger partial charge in [0.05, 0.1) is 15.1 Å². The molecule has 0 fully saturated rings. The van der Waals surface area contributed by atoms with Crippen LogP contribution in [-0.2, 0) is 0 Å². The molecule has 0 aliphatic rings. The minimum Gasteiger partial charge on any atom is -0.457 e. The van der Waals surface area contributed by atoms with Crippen LogP contribution in [0.15, 0.2) is 78.9 Å². The standard InChI is InChI=1S/C12H10O.C6H3Cl3/c1-3-7-11(8-4-1)13-12-9-5-2-6-10-12;7-4-2-1-3-5(8)6(4)9/h1-10H;1-3H. The Bertz CT molecular complexity index is 642. The Hall–Kier alpha value is -1.67.